The van der Waals surface area contributed by atoms with Crippen LogP contribution in [0.5, 0.6) is 0 Å². The number of aromatic nitrogens is 2. The average Bonchev–Trinajstić information content (AvgIpc) is 3.04. The Morgan fingerprint density at radius 3 is 2.54 bits per heavy atom. The number of hydrogen-bond acceptors (Lipinski definition) is 4. The molecule has 0 fully saturated rings. The molecule has 0 spiro atoms. The Balaban J connectivity index is 1.68. The summed E-state index contributed by atoms with van der Waals surface area (Å²) in [6.07, 6.45) is 3.78. The van der Waals surface area contributed by atoms with E-state index >= 15 is 0 Å². The van der Waals surface area contributed by atoms with Gasteiger partial charge in [-0.1, -0.05) is 70.9 Å². The minimum atomic E-state index is -0.316. The number of benzene rings is 2. The van der Waals surface area contributed by atoms with Crippen molar-refractivity contribution in [2.75, 3.05) is 5.32 Å². The highest BCUT2D eigenvalue weighted by molar-refractivity contribution is 7.16. The van der Waals surface area contributed by atoms with Gasteiger partial charge in [0.1, 0.15) is 5.01 Å². The highest BCUT2D eigenvalue weighted by Gasteiger charge is 2.11. The second kappa shape index (κ2) is 7.57. The summed E-state index contributed by atoms with van der Waals surface area (Å²) in [5.41, 5.74) is 1.47. The van der Waals surface area contributed by atoms with E-state index in [0.717, 1.165) is 5.56 Å². The van der Waals surface area contributed by atoms with Crippen molar-refractivity contribution in [2.45, 2.75) is 0 Å². The van der Waals surface area contributed by atoms with Gasteiger partial charge >= 0.3 is 0 Å². The molecule has 4 nitrogen and oxygen atoms in total. The summed E-state index contributed by atoms with van der Waals surface area (Å²) in [5, 5.41) is 12.5. The lowest BCUT2D eigenvalue weighted by atomic mass is 10.2. The molecule has 0 saturated carbocycles. The second-order valence-corrected chi connectivity index (χ2v) is 6.60. The van der Waals surface area contributed by atoms with Gasteiger partial charge in [-0.25, -0.2) is 0 Å². The second-order valence-electron chi connectivity index (χ2n) is 4.77. The number of carbonyl (C=O) groups excluding carboxylic acids is 1. The molecule has 0 saturated heterocycles. The number of anilines is 1. The summed E-state index contributed by atoms with van der Waals surface area (Å²) in [6, 6.07) is 14.5. The zero-order valence-electron chi connectivity index (χ0n) is 12.2. The number of hydrogen-bond donors (Lipinski definition) is 1. The fraction of sp³-hybridized carbons (Fsp3) is 0. The topological polar surface area (TPSA) is 54.9 Å². The van der Waals surface area contributed by atoms with Crippen LogP contribution in [0.15, 0.2) is 48.5 Å². The molecule has 1 aromatic heterocycles. The molecule has 1 amide bonds. The Kier molecular flexibility index (Phi) is 5.25. The summed E-state index contributed by atoms with van der Waals surface area (Å²) in [4.78, 5) is 12.2. The van der Waals surface area contributed by atoms with Crippen LogP contribution in [0.2, 0.25) is 10.0 Å². The molecule has 0 unspecified atom stereocenters. The van der Waals surface area contributed by atoms with E-state index in [-0.39, 0.29) is 5.91 Å². The van der Waals surface area contributed by atoms with Crippen molar-refractivity contribution in [2.24, 2.45) is 0 Å². The van der Waals surface area contributed by atoms with Gasteiger partial charge < -0.3 is 0 Å². The Morgan fingerprint density at radius 2 is 1.79 bits per heavy atom. The first-order valence-corrected chi connectivity index (χ1v) is 8.52. The first kappa shape index (κ1) is 16.6. The van der Waals surface area contributed by atoms with Crippen molar-refractivity contribution in [3.63, 3.8) is 0 Å². The van der Waals surface area contributed by atoms with Crippen molar-refractivity contribution in [1.29, 1.82) is 0 Å². The molecule has 3 rings (SSSR count). The van der Waals surface area contributed by atoms with Crippen LogP contribution in [-0.2, 0) is 0 Å². The molecule has 7 heteroatoms. The standard InChI is InChI=1S/C17H11Cl2N3OS/c18-13-8-7-12(10-14(13)19)16(23)20-17-22-21-15(24-17)9-6-11-4-2-1-3-5-11/h1-10H,(H,20,22,23). The zero-order chi connectivity index (χ0) is 16.9. The summed E-state index contributed by atoms with van der Waals surface area (Å²) < 4.78 is 0. The lowest BCUT2D eigenvalue weighted by Gasteiger charge is -2.02. The third kappa shape index (κ3) is 4.20. The molecule has 120 valence electrons. The highest BCUT2D eigenvalue weighted by Crippen LogP contribution is 2.24. The number of nitrogens with zero attached hydrogens (tertiary/aromatic N) is 2. The Bertz CT molecular complexity index is 894. The fourth-order valence-corrected chi connectivity index (χ4v) is 2.83. The van der Waals surface area contributed by atoms with Gasteiger partial charge in [0.15, 0.2) is 0 Å². The quantitative estimate of drug-likeness (QED) is 0.675. The van der Waals surface area contributed by atoms with E-state index in [2.05, 4.69) is 15.5 Å². The van der Waals surface area contributed by atoms with Crippen molar-refractivity contribution in [1.82, 2.24) is 10.2 Å². The van der Waals surface area contributed by atoms with Crippen molar-refractivity contribution >= 4 is 57.7 Å². The predicted octanol–water partition coefficient (Wildman–Crippen LogP) is 5.27. The van der Waals surface area contributed by atoms with Crippen LogP contribution in [0.3, 0.4) is 0 Å². The van der Waals surface area contributed by atoms with E-state index in [1.807, 2.05) is 42.5 Å². The number of nitrogens with one attached hydrogen (secondary N) is 1. The smallest absolute Gasteiger partial charge is 0.257 e. The molecule has 2 aromatic carbocycles. The molecule has 0 bridgehead atoms. The first-order valence-electron chi connectivity index (χ1n) is 6.95. The minimum absolute atomic E-state index is 0.316. The summed E-state index contributed by atoms with van der Waals surface area (Å²) in [6.45, 7) is 0. The molecule has 0 aliphatic carbocycles. The summed E-state index contributed by atoms with van der Waals surface area (Å²) in [7, 11) is 0. The lowest BCUT2D eigenvalue weighted by Crippen LogP contribution is -2.11. The fourth-order valence-electron chi connectivity index (χ4n) is 1.89. The van der Waals surface area contributed by atoms with Gasteiger partial charge in [0, 0.05) is 5.56 Å². The van der Waals surface area contributed by atoms with Crippen LogP contribution in [0.4, 0.5) is 5.13 Å². The van der Waals surface area contributed by atoms with E-state index in [0.29, 0.717) is 25.7 Å². The minimum Gasteiger partial charge on any atom is -0.296 e. The van der Waals surface area contributed by atoms with Crippen molar-refractivity contribution < 1.29 is 4.79 Å². The van der Waals surface area contributed by atoms with E-state index in [9.17, 15) is 4.79 Å². The number of amides is 1. The van der Waals surface area contributed by atoms with Gasteiger partial charge in [0.05, 0.1) is 10.0 Å². The van der Waals surface area contributed by atoms with Gasteiger partial charge in [-0.3, -0.25) is 10.1 Å². The van der Waals surface area contributed by atoms with Crippen molar-refractivity contribution in [3.05, 3.63) is 74.7 Å². The maximum atomic E-state index is 12.2. The van der Waals surface area contributed by atoms with Crippen LogP contribution < -0.4 is 5.32 Å². The average molecular weight is 376 g/mol. The SMILES string of the molecule is O=C(Nc1nnc(C=Cc2ccccc2)s1)c1ccc(Cl)c(Cl)c1. The maximum Gasteiger partial charge on any atom is 0.257 e. The Labute approximate surface area is 152 Å². The van der Waals surface area contributed by atoms with Crippen LogP contribution in [0.1, 0.15) is 20.9 Å². The number of carbonyl (C=O) groups is 1. The monoisotopic (exact) mass is 375 g/mol. The molecule has 1 heterocycles. The number of rotatable bonds is 4. The molecular weight excluding hydrogens is 365 g/mol. The molecule has 0 aliphatic rings. The third-order valence-electron chi connectivity index (χ3n) is 3.06. The number of halogens is 2. The van der Waals surface area contributed by atoms with E-state index in [4.69, 9.17) is 23.2 Å². The molecule has 0 radical (unpaired) electrons. The third-order valence-corrected chi connectivity index (χ3v) is 4.60. The van der Waals surface area contributed by atoms with Crippen molar-refractivity contribution in [3.8, 4) is 0 Å². The maximum absolute atomic E-state index is 12.2. The molecule has 1 N–H and O–H groups in total. The van der Waals surface area contributed by atoms with Gasteiger partial charge in [0.2, 0.25) is 5.13 Å². The summed E-state index contributed by atoms with van der Waals surface area (Å²) in [5.74, 6) is -0.316. The Morgan fingerprint density at radius 1 is 1.00 bits per heavy atom. The Hall–Kier alpha value is -2.21. The largest absolute Gasteiger partial charge is 0.296 e. The van der Waals surface area contributed by atoms with Gasteiger partial charge in [-0.05, 0) is 29.8 Å². The van der Waals surface area contributed by atoms with Crippen LogP contribution in [-0.4, -0.2) is 16.1 Å². The molecular formula is C17H11Cl2N3OS. The zero-order valence-corrected chi connectivity index (χ0v) is 14.6. The molecule has 0 aliphatic heterocycles. The van der Waals surface area contributed by atoms with Crippen LogP contribution in [0, 0.1) is 0 Å². The summed E-state index contributed by atoms with van der Waals surface area (Å²) >= 11 is 13.0. The highest BCUT2D eigenvalue weighted by atomic mass is 35.5. The predicted molar refractivity (Wildman–Crippen MR) is 99.7 cm³/mol. The lowest BCUT2D eigenvalue weighted by molar-refractivity contribution is 0.102. The molecule has 0 atom stereocenters. The molecule has 3 aromatic rings. The van der Waals surface area contributed by atoms with E-state index in [1.165, 1.54) is 17.4 Å². The van der Waals surface area contributed by atoms with Gasteiger partial charge in [-0.2, -0.15) is 0 Å². The first-order chi connectivity index (χ1) is 11.6. The van der Waals surface area contributed by atoms with Gasteiger partial charge in [0.25, 0.3) is 5.91 Å². The van der Waals surface area contributed by atoms with Crippen LogP contribution >= 0.6 is 34.5 Å². The normalized spacial score (nSPS) is 10.9. The van der Waals surface area contributed by atoms with E-state index < -0.39 is 0 Å². The van der Waals surface area contributed by atoms with E-state index in [1.54, 1.807) is 12.1 Å². The molecule has 24 heavy (non-hydrogen) atoms. The van der Waals surface area contributed by atoms with Crippen LogP contribution in [0.25, 0.3) is 12.2 Å². The van der Waals surface area contributed by atoms with Gasteiger partial charge in [-0.15, -0.1) is 10.2 Å².